The van der Waals surface area contributed by atoms with E-state index >= 15 is 0 Å². The van der Waals surface area contributed by atoms with Crippen molar-refractivity contribution in [3.63, 3.8) is 0 Å². The lowest BCUT2D eigenvalue weighted by Gasteiger charge is -2.37. The van der Waals surface area contributed by atoms with E-state index in [-0.39, 0.29) is 29.2 Å². The third-order valence-electron chi connectivity index (χ3n) is 6.84. The highest BCUT2D eigenvalue weighted by Crippen LogP contribution is 2.43. The molecule has 2 aromatic carbocycles. The van der Waals surface area contributed by atoms with E-state index in [1.807, 2.05) is 0 Å². The van der Waals surface area contributed by atoms with Crippen molar-refractivity contribution in [3.8, 4) is 23.0 Å². The summed E-state index contributed by atoms with van der Waals surface area (Å²) in [6, 6.07) is 8.40. The number of hydrogen-bond acceptors (Lipinski definition) is 14. The van der Waals surface area contributed by atoms with Gasteiger partial charge in [0.05, 0.1) is 19.1 Å². The summed E-state index contributed by atoms with van der Waals surface area (Å²) in [6.07, 6.45) is -10.1. The molecule has 220 valence electrons. The Morgan fingerprint density at radius 3 is 2.27 bits per heavy atom. The largest absolute Gasteiger partial charge is 0.508 e. The lowest BCUT2D eigenvalue weighted by atomic mass is 9.95. The van der Waals surface area contributed by atoms with Gasteiger partial charge >= 0.3 is 0 Å². The van der Waals surface area contributed by atoms with Crippen molar-refractivity contribution in [2.24, 2.45) is 0 Å². The molecule has 0 bridgehead atoms. The smallest absolute Gasteiger partial charge is 0.262 e. The molecule has 0 fully saturated rings. The third-order valence-corrected chi connectivity index (χ3v) is 6.84. The van der Waals surface area contributed by atoms with E-state index in [1.54, 1.807) is 12.1 Å². The first kappa shape index (κ1) is 28.3. The van der Waals surface area contributed by atoms with Crippen LogP contribution >= 0.6 is 0 Å². The van der Waals surface area contributed by atoms with Crippen molar-refractivity contribution in [1.29, 1.82) is 0 Å². The molecule has 8 N–H and O–H groups in total. The fourth-order valence-corrected chi connectivity index (χ4v) is 4.59. The second kappa shape index (κ2) is 11.0. The molecule has 14 heteroatoms. The van der Waals surface area contributed by atoms with Gasteiger partial charge in [0, 0.05) is 12.1 Å². The number of aliphatic hydroxyl groups excluding tert-OH is 6. The number of aromatic hydroxyl groups is 2. The van der Waals surface area contributed by atoms with Gasteiger partial charge in [-0.05, 0) is 24.6 Å². The Morgan fingerprint density at radius 1 is 0.878 bits per heavy atom. The van der Waals surface area contributed by atoms with E-state index in [0.717, 1.165) is 6.07 Å². The summed E-state index contributed by atoms with van der Waals surface area (Å²) < 4.78 is 28.1. The minimum absolute atomic E-state index is 0.0287. The summed E-state index contributed by atoms with van der Waals surface area (Å²) in [6.45, 7) is 0.622. The van der Waals surface area contributed by atoms with Crippen LogP contribution in [0.3, 0.4) is 0 Å². The summed E-state index contributed by atoms with van der Waals surface area (Å²) in [7, 11) is 0. The number of aliphatic hydroxyl groups is 6. The normalized spacial score (nSPS) is 30.0. The van der Waals surface area contributed by atoms with Crippen LogP contribution in [0.5, 0.6) is 23.0 Å². The molecule has 41 heavy (non-hydrogen) atoms. The van der Waals surface area contributed by atoms with Crippen LogP contribution in [-0.4, -0.2) is 90.2 Å². The number of benzene rings is 2. The number of phenolic OH excluding ortho intramolecular Hbond substituents is 2. The van der Waals surface area contributed by atoms with Crippen molar-refractivity contribution < 1.29 is 69.3 Å². The van der Waals surface area contributed by atoms with Crippen LogP contribution in [0.1, 0.15) is 35.4 Å². The lowest BCUT2D eigenvalue weighted by Crippen LogP contribution is -2.48. The fourth-order valence-electron chi connectivity index (χ4n) is 4.59. The monoisotopic (exact) mass is 576 g/mol. The molecule has 0 amide bonds. The molecular weight excluding hydrogens is 548 g/mol. The summed E-state index contributed by atoms with van der Waals surface area (Å²) in [5.41, 5.74) is 0.499. The number of phenols is 2. The van der Waals surface area contributed by atoms with Gasteiger partial charge in [-0.1, -0.05) is 12.1 Å². The summed E-state index contributed by atoms with van der Waals surface area (Å²) in [5, 5.41) is 81.0. The molecular formula is C27H28O14. The second-order valence-electron chi connectivity index (χ2n) is 9.65. The van der Waals surface area contributed by atoms with Crippen molar-refractivity contribution in [3.05, 3.63) is 70.6 Å². The Hall–Kier alpha value is -4.21. The van der Waals surface area contributed by atoms with Gasteiger partial charge in [-0.3, -0.25) is 4.79 Å². The highest BCUT2D eigenvalue weighted by Gasteiger charge is 2.44. The minimum atomic E-state index is -1.79. The quantitative estimate of drug-likeness (QED) is 0.244. The van der Waals surface area contributed by atoms with Crippen LogP contribution < -0.4 is 9.47 Å². The molecule has 0 radical (unpaired) electrons. The highest BCUT2D eigenvalue weighted by molar-refractivity contribution is 6.02. The molecule has 3 aliphatic heterocycles. The summed E-state index contributed by atoms with van der Waals surface area (Å²) >= 11 is 0. The fraction of sp³-hybridized carbons (Fsp3) is 0.370. The van der Waals surface area contributed by atoms with Crippen LogP contribution in [0.25, 0.3) is 0 Å². The van der Waals surface area contributed by atoms with E-state index in [4.69, 9.17) is 23.7 Å². The Morgan fingerprint density at radius 2 is 1.59 bits per heavy atom. The first-order valence-corrected chi connectivity index (χ1v) is 12.5. The van der Waals surface area contributed by atoms with E-state index in [1.165, 1.54) is 25.1 Å². The maximum Gasteiger partial charge on any atom is 0.262 e. The lowest BCUT2D eigenvalue weighted by molar-refractivity contribution is -0.226. The molecule has 2 aromatic rings. The molecule has 0 aliphatic carbocycles. The molecule has 4 unspecified atom stereocenters. The van der Waals surface area contributed by atoms with Gasteiger partial charge in [0.25, 0.3) is 12.6 Å². The van der Waals surface area contributed by atoms with Crippen LogP contribution in [0.4, 0.5) is 0 Å². The predicted octanol–water partition coefficient (Wildman–Crippen LogP) is 1.48. The van der Waals surface area contributed by atoms with Gasteiger partial charge in [-0.2, -0.15) is 0 Å². The van der Waals surface area contributed by atoms with Gasteiger partial charge in [-0.15, -0.1) is 0 Å². The zero-order chi connectivity index (χ0) is 29.6. The van der Waals surface area contributed by atoms with Crippen LogP contribution in [0.2, 0.25) is 0 Å². The number of rotatable bonds is 6. The van der Waals surface area contributed by atoms with Gasteiger partial charge < -0.3 is 64.5 Å². The van der Waals surface area contributed by atoms with E-state index < -0.39 is 84.3 Å². The summed E-state index contributed by atoms with van der Waals surface area (Å²) in [5.74, 6) is -4.27. The Labute approximate surface area is 232 Å². The van der Waals surface area contributed by atoms with Gasteiger partial charge in [0.15, 0.2) is 17.3 Å². The molecule has 0 saturated heterocycles. The highest BCUT2D eigenvalue weighted by atomic mass is 16.7. The van der Waals surface area contributed by atoms with Crippen LogP contribution in [-0.2, 0) is 14.2 Å². The zero-order valence-electron chi connectivity index (χ0n) is 21.4. The molecule has 5 rings (SSSR count). The van der Waals surface area contributed by atoms with Crippen molar-refractivity contribution in [1.82, 2.24) is 0 Å². The maximum atomic E-state index is 12.8. The maximum absolute atomic E-state index is 12.8. The van der Waals surface area contributed by atoms with E-state index in [2.05, 4.69) is 0 Å². The number of ketones is 1. The summed E-state index contributed by atoms with van der Waals surface area (Å²) in [4.78, 5) is 12.8. The van der Waals surface area contributed by atoms with Crippen molar-refractivity contribution in [2.45, 2.75) is 56.4 Å². The zero-order valence-corrected chi connectivity index (χ0v) is 21.4. The average molecular weight is 577 g/mol. The van der Waals surface area contributed by atoms with Crippen molar-refractivity contribution in [2.75, 3.05) is 6.61 Å². The van der Waals surface area contributed by atoms with E-state index in [9.17, 15) is 45.6 Å². The Bertz CT molecular complexity index is 1380. The first-order valence-electron chi connectivity index (χ1n) is 12.5. The second-order valence-corrected chi connectivity index (χ2v) is 9.65. The molecule has 3 heterocycles. The van der Waals surface area contributed by atoms with Gasteiger partial charge in [0.2, 0.25) is 11.5 Å². The first-order chi connectivity index (χ1) is 19.5. The van der Waals surface area contributed by atoms with Crippen LogP contribution in [0.15, 0.2) is 59.4 Å². The third kappa shape index (κ3) is 5.30. The molecule has 3 aliphatic rings. The number of carbonyl (C=O) groups excluding carboxylic acids is 1. The van der Waals surface area contributed by atoms with Gasteiger partial charge in [-0.25, -0.2) is 0 Å². The predicted molar refractivity (Wildman–Crippen MR) is 134 cm³/mol. The molecule has 0 spiro atoms. The number of ether oxygens (including phenoxy) is 5. The average Bonchev–Trinajstić information content (AvgIpc) is 2.94. The minimum Gasteiger partial charge on any atom is -0.508 e. The molecule has 0 aromatic heterocycles. The van der Waals surface area contributed by atoms with Gasteiger partial charge in [0.1, 0.15) is 53.0 Å². The standard InChI is InChI=1S/C27H28O14/c1-10-20(32)22(34)24(36)26(37-10)41-25-23(35)21(33)18(9-28)40-27(25)38-13-6-14(30)19-15(31)8-16(39-17(19)7-13)11-2-4-12(29)5-3-11/h2-7,10,16,18,20-21,26-30,32-36H,8-9H2,1H3/t10?,16?,18?,20-,21+,26-,27?/m0/s1. The number of fused-ring (bicyclic) bond motifs is 1. The topological polar surface area (TPSA) is 225 Å². The SMILES string of the molecule is CC1O[C@@H](OC2=C(O)[C@H](O)C(CO)OC2Oc2cc(O)c3c(c2)OC(c2ccc(O)cc2)CC3=O)C(O)=C(O)[C@H]1O. The van der Waals surface area contributed by atoms with E-state index in [0.29, 0.717) is 5.56 Å². The molecule has 0 saturated carbocycles. The number of Topliss-reactive ketones (excluding diaryl/α,β-unsaturated/α-hetero) is 1. The number of carbonyl (C=O) groups is 1. The molecule has 7 atom stereocenters. The number of hydrogen-bond donors (Lipinski definition) is 8. The van der Waals surface area contributed by atoms with Crippen molar-refractivity contribution >= 4 is 5.78 Å². The Kier molecular flexibility index (Phi) is 7.59. The Balaban J connectivity index is 1.45. The van der Waals surface area contributed by atoms with Crippen LogP contribution in [0, 0.1) is 0 Å². The molecule has 14 nitrogen and oxygen atoms in total.